The molecule has 0 radical (unpaired) electrons. The Bertz CT molecular complexity index is 640. The minimum absolute atomic E-state index is 0.179. The van der Waals surface area contributed by atoms with Gasteiger partial charge in [-0.1, -0.05) is 24.6 Å². The number of aryl methyl sites for hydroxylation is 1. The molecule has 0 aliphatic rings. The van der Waals surface area contributed by atoms with E-state index < -0.39 is 0 Å². The number of ether oxygens (including phenoxy) is 1. The lowest BCUT2D eigenvalue weighted by molar-refractivity contribution is 0.395. The van der Waals surface area contributed by atoms with Crippen molar-refractivity contribution in [3.8, 4) is 5.88 Å². The molecule has 0 bridgehead atoms. The third-order valence-electron chi connectivity index (χ3n) is 2.68. The molecule has 0 saturated carbocycles. The van der Waals surface area contributed by atoms with Crippen molar-refractivity contribution in [1.29, 1.82) is 0 Å². The van der Waals surface area contributed by atoms with E-state index in [4.69, 9.17) is 16.3 Å². The Morgan fingerprint density at radius 3 is 2.84 bits per heavy atom. The van der Waals surface area contributed by atoms with Gasteiger partial charge in [0, 0.05) is 18.6 Å². The highest BCUT2D eigenvalue weighted by atomic mass is 35.5. The highest BCUT2D eigenvalue weighted by Crippen LogP contribution is 2.09. The van der Waals surface area contributed by atoms with Crippen LogP contribution < -0.4 is 10.3 Å². The fourth-order valence-electron chi connectivity index (χ4n) is 1.78. The zero-order valence-corrected chi connectivity index (χ0v) is 11.5. The number of aromatic nitrogens is 3. The molecule has 0 amide bonds. The molecule has 0 saturated heterocycles. The van der Waals surface area contributed by atoms with Crippen molar-refractivity contribution in [2.24, 2.45) is 0 Å². The largest absolute Gasteiger partial charge is 0.481 e. The fourth-order valence-corrected chi connectivity index (χ4v) is 1.97. The third-order valence-corrected chi connectivity index (χ3v) is 2.88. The maximum Gasteiger partial charge on any atom is 0.255 e. The normalized spacial score (nSPS) is 10.5. The molecule has 2 aromatic rings. The van der Waals surface area contributed by atoms with Crippen LogP contribution in [0.2, 0.25) is 5.15 Å². The van der Waals surface area contributed by atoms with Crippen LogP contribution in [0.1, 0.15) is 18.4 Å². The number of hydrogen-bond acceptors (Lipinski definition) is 4. The standard InChI is InChI=1S/C13H14ClN3O2/c1-3-11-16-10(14)7-13(18)17(11)8-9-5-4-6-12(15-9)19-2/h4-7H,3,8H2,1-2H3. The molecule has 2 rings (SSSR count). The summed E-state index contributed by atoms with van der Waals surface area (Å²) < 4.78 is 6.63. The average molecular weight is 280 g/mol. The van der Waals surface area contributed by atoms with Crippen LogP contribution >= 0.6 is 11.6 Å². The first kappa shape index (κ1) is 13.5. The van der Waals surface area contributed by atoms with Crippen LogP contribution in [-0.2, 0) is 13.0 Å². The zero-order chi connectivity index (χ0) is 13.8. The second-order valence-electron chi connectivity index (χ2n) is 3.94. The minimum Gasteiger partial charge on any atom is -0.481 e. The van der Waals surface area contributed by atoms with Gasteiger partial charge in [-0.15, -0.1) is 0 Å². The van der Waals surface area contributed by atoms with Crippen molar-refractivity contribution in [3.05, 3.63) is 51.3 Å². The Balaban J connectivity index is 2.40. The van der Waals surface area contributed by atoms with Gasteiger partial charge in [0.25, 0.3) is 5.56 Å². The SMILES string of the molecule is CCc1nc(Cl)cc(=O)n1Cc1cccc(OC)n1. The molecule has 0 fully saturated rings. The average Bonchev–Trinajstić information content (AvgIpc) is 2.41. The van der Waals surface area contributed by atoms with E-state index in [9.17, 15) is 4.79 Å². The van der Waals surface area contributed by atoms with Crippen LogP contribution in [0.4, 0.5) is 0 Å². The molecule has 2 heterocycles. The summed E-state index contributed by atoms with van der Waals surface area (Å²) in [5.41, 5.74) is 0.557. The van der Waals surface area contributed by atoms with E-state index in [0.717, 1.165) is 5.69 Å². The Morgan fingerprint density at radius 1 is 1.37 bits per heavy atom. The first-order valence-corrected chi connectivity index (χ1v) is 6.28. The predicted octanol–water partition coefficient (Wildman–Crippen LogP) is 1.91. The molecule has 2 aromatic heterocycles. The van der Waals surface area contributed by atoms with Gasteiger partial charge in [-0.05, 0) is 6.07 Å². The maximum absolute atomic E-state index is 12.0. The number of hydrogen-bond donors (Lipinski definition) is 0. The summed E-state index contributed by atoms with van der Waals surface area (Å²) in [6.07, 6.45) is 0.625. The smallest absolute Gasteiger partial charge is 0.255 e. The topological polar surface area (TPSA) is 57.0 Å². The molecule has 0 N–H and O–H groups in total. The lowest BCUT2D eigenvalue weighted by atomic mass is 10.3. The quantitative estimate of drug-likeness (QED) is 0.802. The van der Waals surface area contributed by atoms with Gasteiger partial charge in [0.05, 0.1) is 19.3 Å². The Morgan fingerprint density at radius 2 is 2.16 bits per heavy atom. The van der Waals surface area contributed by atoms with E-state index in [2.05, 4.69) is 9.97 Å². The minimum atomic E-state index is -0.179. The van der Waals surface area contributed by atoms with Gasteiger partial charge >= 0.3 is 0 Å². The highest BCUT2D eigenvalue weighted by Gasteiger charge is 2.08. The summed E-state index contributed by atoms with van der Waals surface area (Å²) >= 11 is 5.79. The van der Waals surface area contributed by atoms with Crippen LogP contribution in [0.3, 0.4) is 0 Å². The van der Waals surface area contributed by atoms with E-state index >= 15 is 0 Å². The molecule has 0 spiro atoms. The summed E-state index contributed by atoms with van der Waals surface area (Å²) in [7, 11) is 1.56. The Hall–Kier alpha value is -1.88. The van der Waals surface area contributed by atoms with Crippen LogP contribution in [0, 0.1) is 0 Å². The number of pyridine rings is 1. The number of rotatable bonds is 4. The lowest BCUT2D eigenvalue weighted by Crippen LogP contribution is -2.25. The second kappa shape index (κ2) is 5.84. The monoisotopic (exact) mass is 279 g/mol. The van der Waals surface area contributed by atoms with Crippen molar-refractivity contribution in [2.45, 2.75) is 19.9 Å². The van der Waals surface area contributed by atoms with E-state index in [1.54, 1.807) is 17.7 Å². The molecule has 19 heavy (non-hydrogen) atoms. The van der Waals surface area contributed by atoms with Gasteiger partial charge < -0.3 is 4.74 Å². The molecule has 100 valence electrons. The molecule has 0 aromatic carbocycles. The summed E-state index contributed by atoms with van der Waals surface area (Å²) in [5, 5.41) is 0.219. The van der Waals surface area contributed by atoms with Gasteiger partial charge in [-0.2, -0.15) is 0 Å². The second-order valence-corrected chi connectivity index (χ2v) is 4.33. The van der Waals surface area contributed by atoms with Gasteiger partial charge in [-0.25, -0.2) is 9.97 Å². The maximum atomic E-state index is 12.0. The van der Waals surface area contributed by atoms with Crippen LogP contribution in [0.25, 0.3) is 0 Å². The van der Waals surface area contributed by atoms with E-state index in [1.807, 2.05) is 19.1 Å². The number of halogens is 1. The predicted molar refractivity (Wildman–Crippen MR) is 72.8 cm³/mol. The Labute approximate surface area is 115 Å². The first-order valence-electron chi connectivity index (χ1n) is 5.90. The van der Waals surface area contributed by atoms with Gasteiger partial charge in [0.2, 0.25) is 5.88 Å². The summed E-state index contributed by atoms with van der Waals surface area (Å²) in [4.78, 5) is 20.4. The summed E-state index contributed by atoms with van der Waals surface area (Å²) in [5.74, 6) is 1.16. The van der Waals surface area contributed by atoms with Crippen molar-refractivity contribution < 1.29 is 4.74 Å². The van der Waals surface area contributed by atoms with Crippen LogP contribution in [-0.4, -0.2) is 21.6 Å². The molecule has 0 aliphatic carbocycles. The molecule has 5 nitrogen and oxygen atoms in total. The molecule has 0 atom stereocenters. The molecule has 0 unspecified atom stereocenters. The van der Waals surface area contributed by atoms with Gasteiger partial charge in [-0.3, -0.25) is 9.36 Å². The van der Waals surface area contributed by atoms with Crippen LogP contribution in [0.5, 0.6) is 5.88 Å². The van der Waals surface area contributed by atoms with E-state index in [-0.39, 0.29) is 10.7 Å². The molecular weight excluding hydrogens is 266 g/mol. The summed E-state index contributed by atoms with van der Waals surface area (Å²) in [6.45, 7) is 2.27. The molecule has 6 heteroatoms. The first-order chi connectivity index (χ1) is 9.13. The van der Waals surface area contributed by atoms with Gasteiger partial charge in [0.15, 0.2) is 0 Å². The van der Waals surface area contributed by atoms with Crippen LogP contribution in [0.15, 0.2) is 29.1 Å². The zero-order valence-electron chi connectivity index (χ0n) is 10.8. The number of methoxy groups -OCH3 is 1. The molecule has 0 aliphatic heterocycles. The van der Waals surface area contributed by atoms with Crippen molar-refractivity contribution in [3.63, 3.8) is 0 Å². The van der Waals surface area contributed by atoms with Gasteiger partial charge in [0.1, 0.15) is 11.0 Å². The van der Waals surface area contributed by atoms with Crippen molar-refractivity contribution in [2.75, 3.05) is 7.11 Å². The summed E-state index contributed by atoms with van der Waals surface area (Å²) in [6, 6.07) is 6.73. The fraction of sp³-hybridized carbons (Fsp3) is 0.308. The molecular formula is C13H14ClN3O2. The lowest BCUT2D eigenvalue weighted by Gasteiger charge is -2.10. The highest BCUT2D eigenvalue weighted by molar-refractivity contribution is 6.29. The van der Waals surface area contributed by atoms with Crippen molar-refractivity contribution >= 4 is 11.6 Å². The van der Waals surface area contributed by atoms with E-state index in [0.29, 0.717) is 24.7 Å². The van der Waals surface area contributed by atoms with E-state index in [1.165, 1.54) is 6.07 Å². The van der Waals surface area contributed by atoms with Crippen molar-refractivity contribution in [1.82, 2.24) is 14.5 Å². The third kappa shape index (κ3) is 3.12. The number of nitrogens with zero attached hydrogens (tertiary/aromatic N) is 3. The Kier molecular flexibility index (Phi) is 4.16.